The summed E-state index contributed by atoms with van der Waals surface area (Å²) < 4.78 is 0. The first-order valence-corrected chi connectivity index (χ1v) is 8.26. The molecule has 7 N–H and O–H groups in total. The molecule has 8 nitrogen and oxygen atoms in total. The number of hydrazine groups is 1. The van der Waals surface area contributed by atoms with Gasteiger partial charge in [-0.25, -0.2) is 5.84 Å². The predicted octanol–water partition coefficient (Wildman–Crippen LogP) is 1.39. The van der Waals surface area contributed by atoms with Crippen molar-refractivity contribution >= 4 is 34.2 Å². The van der Waals surface area contributed by atoms with Crippen LogP contribution in [0.15, 0.2) is 58.6 Å². The van der Waals surface area contributed by atoms with Gasteiger partial charge in [0.15, 0.2) is 0 Å². The molecule has 3 aromatic rings. The molecule has 0 aliphatic heterocycles. The van der Waals surface area contributed by atoms with Crippen molar-refractivity contribution in [3.05, 3.63) is 70.3 Å². The predicted molar refractivity (Wildman–Crippen MR) is 110 cm³/mol. The highest BCUT2D eigenvalue weighted by atomic mass is 16.1. The Morgan fingerprint density at radius 3 is 2.89 bits per heavy atom. The third kappa shape index (κ3) is 3.80. The number of nitrogens with one attached hydrogen (secondary N) is 1. The Bertz CT molecular complexity index is 1080. The van der Waals surface area contributed by atoms with Gasteiger partial charge in [0.1, 0.15) is 11.5 Å². The van der Waals surface area contributed by atoms with Crippen molar-refractivity contribution in [3.8, 4) is 0 Å². The third-order valence-corrected chi connectivity index (χ3v) is 4.12. The average Bonchev–Trinajstić information content (AvgIpc) is 2.68. The molecular formula is C19H21N7O. The summed E-state index contributed by atoms with van der Waals surface area (Å²) in [6.45, 7) is 0.345. The smallest absolute Gasteiger partial charge is 0.207 e. The Balaban J connectivity index is 1.96. The van der Waals surface area contributed by atoms with Crippen molar-refractivity contribution in [2.24, 2.45) is 16.6 Å². The van der Waals surface area contributed by atoms with Crippen LogP contribution in [0.2, 0.25) is 0 Å². The van der Waals surface area contributed by atoms with Crippen LogP contribution in [0.3, 0.4) is 0 Å². The lowest BCUT2D eigenvalue weighted by atomic mass is 10.1. The molecular weight excluding hydrogens is 342 g/mol. The maximum absolute atomic E-state index is 12.3. The number of nitrogen functional groups attached to an aromatic ring is 1. The van der Waals surface area contributed by atoms with Gasteiger partial charge in [0, 0.05) is 42.7 Å². The number of hydrogen-bond donors (Lipinski definition) is 4. The van der Waals surface area contributed by atoms with E-state index in [9.17, 15) is 4.79 Å². The molecule has 0 amide bonds. The molecule has 1 aromatic carbocycles. The third-order valence-electron chi connectivity index (χ3n) is 4.12. The van der Waals surface area contributed by atoms with Crippen LogP contribution in [0, 0.1) is 0 Å². The number of rotatable bonds is 5. The minimum absolute atomic E-state index is 0.0357. The number of fused-ring (bicyclic) bond motifs is 1. The Kier molecular flexibility index (Phi) is 5.18. The topological polar surface area (TPSA) is 139 Å². The van der Waals surface area contributed by atoms with E-state index in [1.54, 1.807) is 19.5 Å². The van der Waals surface area contributed by atoms with Gasteiger partial charge in [-0.3, -0.25) is 19.8 Å². The summed E-state index contributed by atoms with van der Waals surface area (Å²) in [7, 11) is 1.61. The number of aliphatic imine (C=N–C) groups is 1. The van der Waals surface area contributed by atoms with E-state index in [0.717, 1.165) is 16.5 Å². The zero-order chi connectivity index (χ0) is 19.4. The molecule has 0 aliphatic rings. The first kappa shape index (κ1) is 18.2. The second-order valence-corrected chi connectivity index (χ2v) is 5.98. The van der Waals surface area contributed by atoms with Crippen molar-refractivity contribution in [1.29, 1.82) is 0 Å². The quantitative estimate of drug-likeness (QED) is 0.307. The zero-order valence-electron chi connectivity index (χ0n) is 14.9. The van der Waals surface area contributed by atoms with Crippen molar-refractivity contribution in [2.75, 3.05) is 17.8 Å². The molecule has 2 aromatic heterocycles. The Morgan fingerprint density at radius 1 is 1.33 bits per heavy atom. The first-order valence-electron chi connectivity index (χ1n) is 8.26. The summed E-state index contributed by atoms with van der Waals surface area (Å²) in [6, 6.07) is 11.1. The summed E-state index contributed by atoms with van der Waals surface area (Å²) in [4.78, 5) is 23.6. The van der Waals surface area contributed by atoms with Crippen LogP contribution in [0.5, 0.6) is 0 Å². The Labute approximate surface area is 156 Å². The highest BCUT2D eigenvalue weighted by molar-refractivity contribution is 6.09. The summed E-state index contributed by atoms with van der Waals surface area (Å²) in [6.07, 6.45) is 4.65. The second kappa shape index (κ2) is 7.71. The van der Waals surface area contributed by atoms with Gasteiger partial charge in [-0.2, -0.15) is 0 Å². The van der Waals surface area contributed by atoms with E-state index >= 15 is 0 Å². The molecule has 0 radical (unpaired) electrons. The molecule has 138 valence electrons. The maximum Gasteiger partial charge on any atom is 0.207 e. The number of aromatic amines is 1. The van der Waals surface area contributed by atoms with E-state index in [4.69, 9.17) is 17.3 Å². The standard InChI is InChI=1S/C19H21N7O/c1-23-10-14(9-20)16-8-17(27)18(21)19(25-16)26(22)11-12-4-5-15-13(7-12)3-2-6-24-15/h2-10H,11,20-22H2,1H3,(H,25,27). The Morgan fingerprint density at radius 2 is 2.15 bits per heavy atom. The second-order valence-electron chi connectivity index (χ2n) is 5.98. The van der Waals surface area contributed by atoms with Crippen LogP contribution in [0.1, 0.15) is 11.3 Å². The van der Waals surface area contributed by atoms with Gasteiger partial charge in [-0.15, -0.1) is 0 Å². The van der Waals surface area contributed by atoms with Gasteiger partial charge >= 0.3 is 0 Å². The molecule has 0 atom stereocenters. The van der Waals surface area contributed by atoms with E-state index in [1.165, 1.54) is 17.3 Å². The number of H-pyrrole nitrogens is 1. The number of nitrogens with two attached hydrogens (primary N) is 3. The molecule has 0 fully saturated rings. The minimum Gasteiger partial charge on any atom is -0.404 e. The number of pyridine rings is 2. The van der Waals surface area contributed by atoms with Crippen molar-refractivity contribution in [3.63, 3.8) is 0 Å². The molecule has 27 heavy (non-hydrogen) atoms. The first-order chi connectivity index (χ1) is 13.0. The van der Waals surface area contributed by atoms with Crippen molar-refractivity contribution < 1.29 is 0 Å². The fourth-order valence-corrected chi connectivity index (χ4v) is 2.78. The van der Waals surface area contributed by atoms with Gasteiger partial charge < -0.3 is 16.5 Å². The lowest BCUT2D eigenvalue weighted by Gasteiger charge is -2.21. The molecule has 0 saturated carbocycles. The van der Waals surface area contributed by atoms with E-state index < -0.39 is 0 Å². The van der Waals surface area contributed by atoms with E-state index in [0.29, 0.717) is 23.6 Å². The van der Waals surface area contributed by atoms with Gasteiger partial charge in [0.05, 0.1) is 17.8 Å². The van der Waals surface area contributed by atoms with Gasteiger partial charge in [0.2, 0.25) is 5.43 Å². The normalized spacial score (nSPS) is 12.0. The summed E-state index contributed by atoms with van der Waals surface area (Å²) in [5, 5.41) is 2.40. The van der Waals surface area contributed by atoms with E-state index in [-0.39, 0.29) is 11.1 Å². The van der Waals surface area contributed by atoms with Gasteiger partial charge in [-0.05, 0) is 23.8 Å². The molecule has 0 bridgehead atoms. The fourth-order valence-electron chi connectivity index (χ4n) is 2.78. The summed E-state index contributed by atoms with van der Waals surface area (Å²) in [5.74, 6) is 6.52. The molecule has 0 spiro atoms. The van der Waals surface area contributed by atoms with Crippen molar-refractivity contribution in [2.45, 2.75) is 6.54 Å². The number of allylic oxidation sites excluding steroid dienone is 1. The maximum atomic E-state index is 12.3. The summed E-state index contributed by atoms with van der Waals surface area (Å²) in [5.41, 5.74) is 14.2. The van der Waals surface area contributed by atoms with Crippen LogP contribution >= 0.6 is 0 Å². The number of anilines is 2. The van der Waals surface area contributed by atoms with Gasteiger partial charge in [0.25, 0.3) is 0 Å². The minimum atomic E-state index is -0.347. The number of benzene rings is 1. The highest BCUT2D eigenvalue weighted by Crippen LogP contribution is 2.21. The van der Waals surface area contributed by atoms with E-state index in [2.05, 4.69) is 15.0 Å². The van der Waals surface area contributed by atoms with Crippen LogP contribution in [-0.4, -0.2) is 23.2 Å². The van der Waals surface area contributed by atoms with Crippen molar-refractivity contribution in [1.82, 2.24) is 9.97 Å². The van der Waals surface area contributed by atoms with Crippen LogP contribution in [-0.2, 0) is 6.54 Å². The molecule has 0 aliphatic carbocycles. The largest absolute Gasteiger partial charge is 0.404 e. The van der Waals surface area contributed by atoms with Crippen LogP contribution < -0.4 is 27.7 Å². The lowest BCUT2D eigenvalue weighted by molar-refractivity contribution is 0.833. The average molecular weight is 363 g/mol. The van der Waals surface area contributed by atoms with E-state index in [1.807, 2.05) is 30.3 Å². The highest BCUT2D eigenvalue weighted by Gasteiger charge is 2.14. The number of aromatic nitrogens is 2. The van der Waals surface area contributed by atoms with Crippen LogP contribution in [0.4, 0.5) is 11.5 Å². The molecule has 0 unspecified atom stereocenters. The Hall–Kier alpha value is -3.65. The molecule has 3 rings (SSSR count). The number of nitrogens with zero attached hydrogens (tertiary/aromatic N) is 3. The number of hydrogen-bond acceptors (Lipinski definition) is 7. The molecule has 2 heterocycles. The monoisotopic (exact) mass is 363 g/mol. The molecule has 0 saturated heterocycles. The lowest BCUT2D eigenvalue weighted by Crippen LogP contribution is -2.33. The van der Waals surface area contributed by atoms with Crippen LogP contribution in [0.25, 0.3) is 16.5 Å². The SMILES string of the molecule is CN=CC(=CN)c1cc(=O)c(N)c(N(N)Cc2ccc3ncccc3c2)[nH]1. The van der Waals surface area contributed by atoms with Gasteiger partial charge in [-0.1, -0.05) is 12.1 Å². The fraction of sp³-hybridized carbons (Fsp3) is 0.105. The summed E-state index contributed by atoms with van der Waals surface area (Å²) >= 11 is 0. The zero-order valence-corrected chi connectivity index (χ0v) is 14.9. The molecule has 8 heteroatoms.